The molecule has 0 saturated carbocycles. The minimum Gasteiger partial charge on any atom is -0.454 e. The number of para-hydroxylation sites is 1. The molecule has 180 valence electrons. The van der Waals surface area contributed by atoms with Crippen LogP contribution in [-0.4, -0.2) is 57.4 Å². The lowest BCUT2D eigenvalue weighted by Crippen LogP contribution is -2.47. The molecule has 4 aromatic rings. The van der Waals surface area contributed by atoms with Crippen LogP contribution in [0.1, 0.15) is 25.5 Å². The summed E-state index contributed by atoms with van der Waals surface area (Å²) in [7, 11) is 0. The van der Waals surface area contributed by atoms with Crippen molar-refractivity contribution in [1.29, 1.82) is 0 Å². The summed E-state index contributed by atoms with van der Waals surface area (Å²) in [4.78, 5) is 19.0. The molecule has 0 amide bonds. The van der Waals surface area contributed by atoms with Crippen molar-refractivity contribution in [2.75, 3.05) is 43.2 Å². The number of ether oxygens (including phenoxy) is 2. The molecule has 0 radical (unpaired) electrons. The Bertz CT molecular complexity index is 1330. The average molecular weight is 472 g/mol. The lowest BCUT2D eigenvalue weighted by molar-refractivity contribution is 0.174. The van der Waals surface area contributed by atoms with Crippen molar-refractivity contribution in [3.8, 4) is 11.5 Å². The molecule has 1 saturated heterocycles. The Balaban J connectivity index is 1.22. The molecule has 35 heavy (non-hydrogen) atoms. The topological polar surface area (TPSA) is 80.6 Å². The van der Waals surface area contributed by atoms with E-state index in [1.54, 1.807) is 6.33 Å². The molecule has 6 rings (SSSR count). The third-order valence-electron chi connectivity index (χ3n) is 6.51. The predicted octanol–water partition coefficient (Wildman–Crippen LogP) is 4.20. The summed E-state index contributed by atoms with van der Waals surface area (Å²) in [5, 5.41) is 3.41. The van der Waals surface area contributed by atoms with Crippen molar-refractivity contribution >= 4 is 28.6 Å². The van der Waals surface area contributed by atoms with E-state index in [2.05, 4.69) is 55.6 Å². The molecule has 9 nitrogen and oxygen atoms in total. The molecule has 0 atom stereocenters. The van der Waals surface area contributed by atoms with Gasteiger partial charge >= 0.3 is 0 Å². The van der Waals surface area contributed by atoms with E-state index >= 15 is 0 Å². The maximum Gasteiger partial charge on any atom is 0.231 e. The molecule has 2 aromatic carbocycles. The Kier molecular flexibility index (Phi) is 5.61. The van der Waals surface area contributed by atoms with E-state index in [1.807, 2.05) is 36.4 Å². The summed E-state index contributed by atoms with van der Waals surface area (Å²) in [5.74, 6) is 3.35. The molecule has 0 aliphatic carbocycles. The molecule has 0 unspecified atom stereocenters. The second-order valence-electron chi connectivity index (χ2n) is 9.21. The molecule has 2 aliphatic heterocycles. The summed E-state index contributed by atoms with van der Waals surface area (Å²) in [6.07, 6.45) is 1.61. The van der Waals surface area contributed by atoms with Crippen LogP contribution in [-0.2, 0) is 6.54 Å². The third kappa shape index (κ3) is 4.23. The Hall–Kier alpha value is -3.85. The van der Waals surface area contributed by atoms with Crippen LogP contribution >= 0.6 is 0 Å². The molecule has 1 N–H and O–H groups in total. The predicted molar refractivity (Wildman–Crippen MR) is 135 cm³/mol. The average Bonchev–Trinajstić information content (AvgIpc) is 3.50. The molecule has 4 heterocycles. The number of anilines is 3. The van der Waals surface area contributed by atoms with Gasteiger partial charge in [0.1, 0.15) is 6.33 Å². The smallest absolute Gasteiger partial charge is 0.231 e. The Labute approximate surface area is 204 Å². The summed E-state index contributed by atoms with van der Waals surface area (Å²) >= 11 is 0. The molecule has 9 heteroatoms. The first-order chi connectivity index (χ1) is 17.2. The van der Waals surface area contributed by atoms with Gasteiger partial charge < -0.3 is 19.7 Å². The van der Waals surface area contributed by atoms with Crippen molar-refractivity contribution < 1.29 is 9.47 Å². The van der Waals surface area contributed by atoms with Crippen LogP contribution < -0.4 is 19.7 Å². The highest BCUT2D eigenvalue weighted by Gasteiger charge is 2.26. The fourth-order valence-electron chi connectivity index (χ4n) is 4.75. The highest BCUT2D eigenvalue weighted by Crippen LogP contribution is 2.33. The van der Waals surface area contributed by atoms with Gasteiger partial charge in [-0.25, -0.2) is 15.0 Å². The lowest BCUT2D eigenvalue weighted by atomic mass is 10.1. The third-order valence-corrected chi connectivity index (χ3v) is 6.51. The minimum atomic E-state index is 0.223. The van der Waals surface area contributed by atoms with Gasteiger partial charge in [-0.1, -0.05) is 24.3 Å². The minimum absolute atomic E-state index is 0.223. The number of aromatic nitrogens is 4. The Morgan fingerprint density at radius 3 is 2.54 bits per heavy atom. The van der Waals surface area contributed by atoms with E-state index in [0.717, 1.165) is 72.8 Å². The van der Waals surface area contributed by atoms with Crippen molar-refractivity contribution in [3.05, 3.63) is 60.4 Å². The maximum atomic E-state index is 5.54. The number of nitrogens with zero attached hydrogens (tertiary/aromatic N) is 6. The summed E-state index contributed by atoms with van der Waals surface area (Å²) < 4.78 is 13.2. The molecular formula is C26H29N7O2. The molecular weight excluding hydrogens is 442 g/mol. The lowest BCUT2D eigenvalue weighted by Gasteiger charge is -2.35. The van der Waals surface area contributed by atoms with Gasteiger partial charge in [0.05, 0.1) is 0 Å². The molecule has 0 spiro atoms. The molecule has 1 fully saturated rings. The Morgan fingerprint density at radius 2 is 1.74 bits per heavy atom. The van der Waals surface area contributed by atoms with Crippen LogP contribution in [0.2, 0.25) is 0 Å². The number of rotatable bonds is 6. The van der Waals surface area contributed by atoms with Gasteiger partial charge in [0, 0.05) is 44.5 Å². The number of imidazole rings is 1. The number of hydrogen-bond acceptors (Lipinski definition) is 8. The number of benzene rings is 2. The van der Waals surface area contributed by atoms with Crippen LogP contribution in [0.3, 0.4) is 0 Å². The van der Waals surface area contributed by atoms with E-state index in [0.29, 0.717) is 6.79 Å². The van der Waals surface area contributed by atoms with Gasteiger partial charge in [0.25, 0.3) is 0 Å². The van der Waals surface area contributed by atoms with Crippen molar-refractivity contribution in [3.63, 3.8) is 0 Å². The number of hydrogen-bond donors (Lipinski definition) is 1. The first kappa shape index (κ1) is 21.7. The van der Waals surface area contributed by atoms with Crippen LogP contribution in [0.4, 0.5) is 17.5 Å². The van der Waals surface area contributed by atoms with Gasteiger partial charge in [0.2, 0.25) is 12.7 Å². The molecule has 2 aliphatic rings. The number of nitrogens with one attached hydrogen (secondary N) is 1. The van der Waals surface area contributed by atoms with Crippen molar-refractivity contribution in [2.45, 2.75) is 26.4 Å². The van der Waals surface area contributed by atoms with Gasteiger partial charge in [-0.3, -0.25) is 9.47 Å². The van der Waals surface area contributed by atoms with Crippen LogP contribution in [0.15, 0.2) is 54.9 Å². The van der Waals surface area contributed by atoms with Gasteiger partial charge in [-0.2, -0.15) is 0 Å². The van der Waals surface area contributed by atoms with E-state index in [-0.39, 0.29) is 6.04 Å². The monoisotopic (exact) mass is 471 g/mol. The quantitative estimate of drug-likeness (QED) is 0.448. The first-order valence-electron chi connectivity index (χ1n) is 12.1. The van der Waals surface area contributed by atoms with Crippen LogP contribution in [0.5, 0.6) is 11.5 Å². The summed E-state index contributed by atoms with van der Waals surface area (Å²) in [5.41, 5.74) is 3.86. The standard InChI is InChI=1S/C26H29N7O2/c1-18(2)33-25-23(24(27-16-28-25)29-20-6-4-3-5-7-20)30-26(33)32-12-10-31(11-13-32)15-19-8-9-21-22(14-19)35-17-34-21/h3-9,14,16,18H,10-13,15,17H2,1-2H3,(H,27,28,29). The van der Waals surface area contributed by atoms with Gasteiger partial charge in [-0.05, 0) is 43.7 Å². The van der Waals surface area contributed by atoms with Crippen LogP contribution in [0, 0.1) is 0 Å². The van der Waals surface area contributed by atoms with E-state index in [4.69, 9.17) is 14.5 Å². The van der Waals surface area contributed by atoms with E-state index in [9.17, 15) is 0 Å². The van der Waals surface area contributed by atoms with Gasteiger partial charge in [0.15, 0.2) is 28.5 Å². The number of fused-ring (bicyclic) bond motifs is 2. The SMILES string of the molecule is CC(C)n1c(N2CCN(Cc3ccc4c(c3)OCO4)CC2)nc2c(Nc3ccccc3)ncnc21. The normalized spacial score (nSPS) is 15.8. The summed E-state index contributed by atoms with van der Waals surface area (Å²) in [6.45, 7) is 9.25. The first-order valence-corrected chi connectivity index (χ1v) is 12.1. The fourth-order valence-corrected chi connectivity index (χ4v) is 4.75. The molecule has 0 bridgehead atoms. The zero-order chi connectivity index (χ0) is 23.8. The maximum absolute atomic E-state index is 5.54. The highest BCUT2D eigenvalue weighted by atomic mass is 16.7. The highest BCUT2D eigenvalue weighted by molar-refractivity contribution is 5.87. The number of piperazine rings is 1. The van der Waals surface area contributed by atoms with E-state index < -0.39 is 0 Å². The second kappa shape index (κ2) is 9.07. The largest absolute Gasteiger partial charge is 0.454 e. The zero-order valence-corrected chi connectivity index (χ0v) is 20.0. The fraction of sp³-hybridized carbons (Fsp3) is 0.346. The second-order valence-corrected chi connectivity index (χ2v) is 9.21. The van der Waals surface area contributed by atoms with E-state index in [1.165, 1.54) is 5.56 Å². The van der Waals surface area contributed by atoms with Crippen molar-refractivity contribution in [2.24, 2.45) is 0 Å². The van der Waals surface area contributed by atoms with Crippen LogP contribution in [0.25, 0.3) is 11.2 Å². The summed E-state index contributed by atoms with van der Waals surface area (Å²) in [6, 6.07) is 16.5. The Morgan fingerprint density at radius 1 is 0.943 bits per heavy atom. The van der Waals surface area contributed by atoms with Crippen molar-refractivity contribution in [1.82, 2.24) is 24.4 Å². The zero-order valence-electron chi connectivity index (χ0n) is 20.0. The molecule has 2 aromatic heterocycles. The van der Waals surface area contributed by atoms with Gasteiger partial charge in [-0.15, -0.1) is 0 Å².